The number of nitrogens with one attached hydrogen (secondary N) is 1. The lowest BCUT2D eigenvalue weighted by Crippen LogP contribution is -2.47. The summed E-state index contributed by atoms with van der Waals surface area (Å²) < 4.78 is 20.4. The highest BCUT2D eigenvalue weighted by Gasteiger charge is 2.32. The standard InChI is InChI=1S/C21H27FN6O3/c1-14-3-6-20(25-24-14)27-9-7-26(8-10-27)19-5-4-16(11-18(19)22)28-13-17(31-21(28)30)12-23-15(2)29/h3-6,11,17,21,30H,7-10,12-13H2,1-2H3,(H,23,29). The van der Waals surface area contributed by atoms with E-state index in [-0.39, 0.29) is 17.8 Å². The van der Waals surface area contributed by atoms with E-state index >= 15 is 0 Å². The molecule has 2 aliphatic heterocycles. The van der Waals surface area contributed by atoms with E-state index in [1.165, 1.54) is 13.0 Å². The zero-order valence-electron chi connectivity index (χ0n) is 17.7. The highest BCUT2D eigenvalue weighted by molar-refractivity contribution is 5.72. The highest BCUT2D eigenvalue weighted by Crippen LogP contribution is 2.29. The van der Waals surface area contributed by atoms with Gasteiger partial charge in [0.1, 0.15) is 5.82 Å². The van der Waals surface area contributed by atoms with Crippen LogP contribution in [-0.4, -0.2) is 73.0 Å². The summed E-state index contributed by atoms with van der Waals surface area (Å²) >= 11 is 0. The molecule has 0 aliphatic carbocycles. The van der Waals surface area contributed by atoms with E-state index < -0.39 is 6.41 Å². The molecular formula is C21H27FN6O3. The number of ether oxygens (including phenoxy) is 1. The lowest BCUT2D eigenvalue weighted by Gasteiger charge is -2.36. The third kappa shape index (κ3) is 4.86. The van der Waals surface area contributed by atoms with Gasteiger partial charge in [0, 0.05) is 45.3 Å². The monoisotopic (exact) mass is 430 g/mol. The Bertz CT molecular complexity index is 920. The number of hydrogen-bond acceptors (Lipinski definition) is 8. The summed E-state index contributed by atoms with van der Waals surface area (Å²) in [5, 5.41) is 21.2. The van der Waals surface area contributed by atoms with Gasteiger partial charge in [0.2, 0.25) is 12.3 Å². The Morgan fingerprint density at radius 1 is 1.19 bits per heavy atom. The van der Waals surface area contributed by atoms with Gasteiger partial charge in [-0.1, -0.05) is 0 Å². The van der Waals surface area contributed by atoms with Gasteiger partial charge >= 0.3 is 0 Å². The number of carbonyl (C=O) groups excluding carboxylic acids is 1. The van der Waals surface area contributed by atoms with Gasteiger partial charge in [0.05, 0.1) is 24.0 Å². The Hall–Kier alpha value is -2.98. The molecule has 2 unspecified atom stereocenters. The number of piperazine rings is 1. The zero-order chi connectivity index (χ0) is 22.0. The lowest BCUT2D eigenvalue weighted by atomic mass is 10.2. The van der Waals surface area contributed by atoms with E-state index in [2.05, 4.69) is 20.4 Å². The first-order chi connectivity index (χ1) is 14.9. The molecule has 9 nitrogen and oxygen atoms in total. The van der Waals surface area contributed by atoms with Gasteiger partial charge in [0.15, 0.2) is 5.82 Å². The first-order valence-corrected chi connectivity index (χ1v) is 10.3. The molecule has 2 aliphatic rings. The molecule has 0 radical (unpaired) electrons. The normalized spacial score (nSPS) is 21.5. The maximum absolute atomic E-state index is 14.9. The number of halogens is 1. The predicted molar refractivity (Wildman–Crippen MR) is 115 cm³/mol. The van der Waals surface area contributed by atoms with Crippen molar-refractivity contribution in [1.82, 2.24) is 15.5 Å². The maximum atomic E-state index is 14.9. The van der Waals surface area contributed by atoms with Crippen LogP contribution in [0.25, 0.3) is 0 Å². The number of hydrogen-bond donors (Lipinski definition) is 2. The summed E-state index contributed by atoms with van der Waals surface area (Å²) in [6.07, 6.45) is -1.54. The average molecular weight is 430 g/mol. The third-order valence-electron chi connectivity index (χ3n) is 5.55. The van der Waals surface area contributed by atoms with Crippen molar-refractivity contribution in [2.75, 3.05) is 54.0 Å². The summed E-state index contributed by atoms with van der Waals surface area (Å²) in [4.78, 5) is 16.8. The van der Waals surface area contributed by atoms with Crippen LogP contribution in [-0.2, 0) is 9.53 Å². The van der Waals surface area contributed by atoms with E-state index in [1.807, 2.05) is 24.0 Å². The molecule has 166 valence electrons. The second-order valence-electron chi connectivity index (χ2n) is 7.82. The van der Waals surface area contributed by atoms with Crippen molar-refractivity contribution in [2.45, 2.75) is 26.4 Å². The topological polar surface area (TPSA) is 94.1 Å². The van der Waals surface area contributed by atoms with Crippen LogP contribution >= 0.6 is 0 Å². The summed E-state index contributed by atoms with van der Waals surface area (Å²) in [5.41, 5.74) is 1.94. The molecule has 2 saturated heterocycles. The van der Waals surface area contributed by atoms with Gasteiger partial charge < -0.3 is 29.9 Å². The van der Waals surface area contributed by atoms with Crippen molar-refractivity contribution in [3.05, 3.63) is 41.8 Å². The summed E-state index contributed by atoms with van der Waals surface area (Å²) in [6.45, 7) is 6.75. The smallest absolute Gasteiger partial charge is 0.238 e. The number of nitrogens with zero attached hydrogens (tertiary/aromatic N) is 5. The minimum atomic E-state index is -1.18. The maximum Gasteiger partial charge on any atom is 0.238 e. The zero-order valence-corrected chi connectivity index (χ0v) is 17.7. The molecule has 0 bridgehead atoms. The minimum Gasteiger partial charge on any atom is -0.366 e. The number of carbonyl (C=O) groups is 1. The fourth-order valence-corrected chi connectivity index (χ4v) is 3.87. The molecule has 1 aromatic heterocycles. The molecule has 2 fully saturated rings. The van der Waals surface area contributed by atoms with E-state index in [4.69, 9.17) is 4.74 Å². The van der Waals surface area contributed by atoms with Gasteiger partial charge in [0.25, 0.3) is 0 Å². The van der Waals surface area contributed by atoms with Crippen molar-refractivity contribution in [1.29, 1.82) is 0 Å². The fraction of sp³-hybridized carbons (Fsp3) is 0.476. The van der Waals surface area contributed by atoms with Crippen LogP contribution in [0.15, 0.2) is 30.3 Å². The SMILES string of the molecule is CC(=O)NCC1CN(c2ccc(N3CCN(c4ccc(C)nn4)CC3)c(F)c2)C(O)O1. The predicted octanol–water partition coefficient (Wildman–Crippen LogP) is 0.868. The van der Waals surface area contributed by atoms with Gasteiger partial charge in [-0.3, -0.25) is 4.79 Å². The van der Waals surface area contributed by atoms with Gasteiger partial charge in [-0.2, -0.15) is 5.10 Å². The van der Waals surface area contributed by atoms with Crippen molar-refractivity contribution >= 4 is 23.1 Å². The first-order valence-electron chi connectivity index (χ1n) is 10.3. The van der Waals surface area contributed by atoms with Crippen LogP contribution in [0.4, 0.5) is 21.6 Å². The molecule has 1 amide bonds. The van der Waals surface area contributed by atoms with Crippen molar-refractivity contribution in [2.24, 2.45) is 0 Å². The Balaban J connectivity index is 1.38. The molecule has 0 saturated carbocycles. The fourth-order valence-electron chi connectivity index (χ4n) is 3.87. The Morgan fingerprint density at radius 2 is 1.94 bits per heavy atom. The second kappa shape index (κ2) is 9.03. The lowest BCUT2D eigenvalue weighted by molar-refractivity contribution is -0.121. The highest BCUT2D eigenvalue weighted by atomic mass is 19.1. The molecule has 2 atom stereocenters. The van der Waals surface area contributed by atoms with E-state index in [0.29, 0.717) is 37.6 Å². The molecule has 4 rings (SSSR count). The number of anilines is 3. The van der Waals surface area contributed by atoms with Crippen LogP contribution in [0, 0.1) is 12.7 Å². The summed E-state index contributed by atoms with van der Waals surface area (Å²) in [7, 11) is 0. The van der Waals surface area contributed by atoms with Gasteiger partial charge in [-0.05, 0) is 37.3 Å². The largest absolute Gasteiger partial charge is 0.366 e. The molecule has 3 heterocycles. The number of amides is 1. The van der Waals surface area contributed by atoms with E-state index in [0.717, 1.165) is 24.6 Å². The van der Waals surface area contributed by atoms with Crippen LogP contribution in [0.5, 0.6) is 0 Å². The van der Waals surface area contributed by atoms with Crippen LogP contribution in [0.3, 0.4) is 0 Å². The number of aryl methyl sites for hydroxylation is 1. The van der Waals surface area contributed by atoms with E-state index in [9.17, 15) is 14.3 Å². The molecular weight excluding hydrogens is 403 g/mol. The molecule has 0 spiro atoms. The van der Waals surface area contributed by atoms with Crippen molar-refractivity contribution < 1.29 is 19.0 Å². The van der Waals surface area contributed by atoms with Crippen LogP contribution < -0.4 is 20.0 Å². The third-order valence-corrected chi connectivity index (χ3v) is 5.55. The summed E-state index contributed by atoms with van der Waals surface area (Å²) in [5.74, 6) is 0.318. The number of benzene rings is 1. The molecule has 1 aromatic carbocycles. The number of aliphatic hydroxyl groups is 1. The van der Waals surface area contributed by atoms with E-state index in [1.54, 1.807) is 17.0 Å². The Labute approximate surface area is 180 Å². The Kier molecular flexibility index (Phi) is 6.19. The van der Waals surface area contributed by atoms with Gasteiger partial charge in [-0.15, -0.1) is 5.10 Å². The number of aromatic nitrogens is 2. The number of aliphatic hydroxyl groups excluding tert-OH is 1. The van der Waals surface area contributed by atoms with Crippen molar-refractivity contribution in [3.63, 3.8) is 0 Å². The van der Waals surface area contributed by atoms with Crippen LogP contribution in [0.1, 0.15) is 12.6 Å². The number of rotatable bonds is 5. The minimum absolute atomic E-state index is 0.165. The first kappa shape index (κ1) is 21.3. The molecule has 10 heteroatoms. The second-order valence-corrected chi connectivity index (χ2v) is 7.82. The molecule has 2 aromatic rings. The van der Waals surface area contributed by atoms with Crippen LogP contribution in [0.2, 0.25) is 0 Å². The summed E-state index contributed by atoms with van der Waals surface area (Å²) in [6, 6.07) is 8.82. The van der Waals surface area contributed by atoms with Crippen molar-refractivity contribution in [3.8, 4) is 0 Å². The average Bonchev–Trinajstić information content (AvgIpc) is 3.13. The quantitative estimate of drug-likeness (QED) is 0.722. The van der Waals surface area contributed by atoms with Gasteiger partial charge in [-0.25, -0.2) is 4.39 Å². The Morgan fingerprint density at radius 3 is 2.58 bits per heavy atom. The molecule has 2 N–H and O–H groups in total. The molecule has 31 heavy (non-hydrogen) atoms.